The van der Waals surface area contributed by atoms with E-state index in [0.29, 0.717) is 17.9 Å². The molecule has 2 amide bonds. The Labute approximate surface area is 137 Å². The first-order chi connectivity index (χ1) is 11.2. The summed E-state index contributed by atoms with van der Waals surface area (Å²) in [5.74, 6) is -0.0572. The zero-order valence-corrected chi connectivity index (χ0v) is 13.6. The molecule has 23 heavy (non-hydrogen) atoms. The molecule has 1 aromatic heterocycles. The Hall–Kier alpha value is -1.95. The largest absolute Gasteiger partial charge is 0.334 e. The molecular weight excluding hydrogens is 294 g/mol. The van der Waals surface area contributed by atoms with Gasteiger partial charge in [-0.25, -0.2) is 5.06 Å². The number of hydroxylamine groups is 2. The SMILES string of the molecule is CCC[C@H](CCN(O)C=O)C(=O)N1CCC[C@@H]1c1ccccn1. The second kappa shape index (κ2) is 8.62. The molecule has 2 atom stereocenters. The van der Waals surface area contributed by atoms with Gasteiger partial charge in [-0.1, -0.05) is 19.4 Å². The van der Waals surface area contributed by atoms with Crippen molar-refractivity contribution in [2.75, 3.05) is 13.1 Å². The lowest BCUT2D eigenvalue weighted by atomic mass is 9.97. The second-order valence-corrected chi connectivity index (χ2v) is 5.99. The topological polar surface area (TPSA) is 73.7 Å². The molecule has 1 aliphatic rings. The highest BCUT2D eigenvalue weighted by Crippen LogP contribution is 2.33. The first kappa shape index (κ1) is 17.4. The highest BCUT2D eigenvalue weighted by Gasteiger charge is 2.34. The van der Waals surface area contributed by atoms with E-state index >= 15 is 0 Å². The number of carbonyl (C=O) groups is 2. The van der Waals surface area contributed by atoms with Crippen molar-refractivity contribution >= 4 is 12.3 Å². The number of amides is 2. The van der Waals surface area contributed by atoms with Gasteiger partial charge in [0.15, 0.2) is 0 Å². The fourth-order valence-corrected chi connectivity index (χ4v) is 3.23. The molecule has 6 nitrogen and oxygen atoms in total. The molecule has 2 rings (SSSR count). The van der Waals surface area contributed by atoms with E-state index in [-0.39, 0.29) is 24.4 Å². The maximum atomic E-state index is 12.9. The molecule has 0 aromatic carbocycles. The van der Waals surface area contributed by atoms with Crippen molar-refractivity contribution in [3.05, 3.63) is 30.1 Å². The van der Waals surface area contributed by atoms with Crippen LogP contribution in [-0.2, 0) is 9.59 Å². The maximum Gasteiger partial charge on any atom is 0.233 e. The average molecular weight is 319 g/mol. The van der Waals surface area contributed by atoms with Crippen LogP contribution >= 0.6 is 0 Å². The summed E-state index contributed by atoms with van der Waals surface area (Å²) in [4.78, 5) is 29.8. The first-order valence-corrected chi connectivity index (χ1v) is 8.29. The van der Waals surface area contributed by atoms with Gasteiger partial charge in [0, 0.05) is 25.2 Å². The molecule has 1 N–H and O–H groups in total. The Morgan fingerprint density at radius 2 is 2.35 bits per heavy atom. The van der Waals surface area contributed by atoms with Gasteiger partial charge in [-0.15, -0.1) is 0 Å². The summed E-state index contributed by atoms with van der Waals surface area (Å²) in [6, 6.07) is 5.83. The summed E-state index contributed by atoms with van der Waals surface area (Å²) < 4.78 is 0. The Morgan fingerprint density at radius 1 is 1.52 bits per heavy atom. The van der Waals surface area contributed by atoms with Crippen LogP contribution in [0.25, 0.3) is 0 Å². The van der Waals surface area contributed by atoms with Crippen molar-refractivity contribution in [3.63, 3.8) is 0 Å². The number of aromatic nitrogens is 1. The van der Waals surface area contributed by atoms with Crippen LogP contribution in [0.4, 0.5) is 0 Å². The van der Waals surface area contributed by atoms with Crippen molar-refractivity contribution < 1.29 is 14.8 Å². The molecule has 0 unspecified atom stereocenters. The Balaban J connectivity index is 2.06. The van der Waals surface area contributed by atoms with Gasteiger partial charge in [0.05, 0.1) is 11.7 Å². The van der Waals surface area contributed by atoms with E-state index in [2.05, 4.69) is 4.98 Å². The lowest BCUT2D eigenvalue weighted by Crippen LogP contribution is -2.37. The van der Waals surface area contributed by atoms with Crippen LogP contribution in [0, 0.1) is 5.92 Å². The molecule has 0 radical (unpaired) electrons. The molecule has 2 heterocycles. The summed E-state index contributed by atoms with van der Waals surface area (Å²) >= 11 is 0. The summed E-state index contributed by atoms with van der Waals surface area (Å²) in [5.41, 5.74) is 0.935. The molecule has 126 valence electrons. The number of pyridine rings is 1. The predicted octanol–water partition coefficient (Wildman–Crippen LogP) is 2.40. The van der Waals surface area contributed by atoms with Crippen LogP contribution in [0.1, 0.15) is 50.8 Å². The van der Waals surface area contributed by atoms with E-state index in [1.807, 2.05) is 30.0 Å². The highest BCUT2D eigenvalue weighted by molar-refractivity contribution is 5.79. The van der Waals surface area contributed by atoms with Gasteiger partial charge in [0.25, 0.3) is 0 Å². The van der Waals surface area contributed by atoms with Crippen LogP contribution in [0.15, 0.2) is 24.4 Å². The summed E-state index contributed by atoms with van der Waals surface area (Å²) in [6.07, 6.45) is 6.18. The van der Waals surface area contributed by atoms with Crippen LogP contribution in [0.5, 0.6) is 0 Å². The molecule has 1 aliphatic heterocycles. The van der Waals surface area contributed by atoms with Gasteiger partial charge in [-0.05, 0) is 37.8 Å². The van der Waals surface area contributed by atoms with Crippen molar-refractivity contribution in [1.29, 1.82) is 0 Å². The number of likely N-dealkylation sites (tertiary alicyclic amines) is 1. The fraction of sp³-hybridized carbons (Fsp3) is 0.588. The smallest absolute Gasteiger partial charge is 0.233 e. The number of carbonyl (C=O) groups excluding carboxylic acids is 2. The Kier molecular flexibility index (Phi) is 6.52. The van der Waals surface area contributed by atoms with Gasteiger partial charge in [-0.3, -0.25) is 19.8 Å². The van der Waals surface area contributed by atoms with E-state index in [1.54, 1.807) is 6.20 Å². The van der Waals surface area contributed by atoms with E-state index in [4.69, 9.17) is 0 Å². The number of hydrogen-bond acceptors (Lipinski definition) is 4. The predicted molar refractivity (Wildman–Crippen MR) is 85.5 cm³/mol. The minimum absolute atomic E-state index is 0.0411. The Morgan fingerprint density at radius 3 is 3.00 bits per heavy atom. The van der Waals surface area contributed by atoms with E-state index in [1.165, 1.54) is 0 Å². The van der Waals surface area contributed by atoms with E-state index in [9.17, 15) is 14.8 Å². The molecule has 0 bridgehead atoms. The molecule has 0 saturated carbocycles. The first-order valence-electron chi connectivity index (χ1n) is 8.29. The normalized spacial score (nSPS) is 18.7. The molecule has 6 heteroatoms. The van der Waals surface area contributed by atoms with Crippen molar-refractivity contribution in [2.45, 2.75) is 45.1 Å². The zero-order valence-electron chi connectivity index (χ0n) is 13.6. The Bertz CT molecular complexity index is 509. The fourth-order valence-electron chi connectivity index (χ4n) is 3.23. The standard InChI is InChI=1S/C17H25N3O3/c1-2-6-14(9-12-19(23)13-21)17(22)20-11-5-8-16(20)15-7-3-4-10-18-15/h3-4,7,10,13-14,16,23H,2,5-6,8-9,11-12H2,1H3/t14-,16-/m1/s1. The summed E-state index contributed by atoms with van der Waals surface area (Å²) in [6.45, 7) is 2.97. The average Bonchev–Trinajstić information content (AvgIpc) is 3.08. The molecule has 1 fully saturated rings. The number of nitrogens with zero attached hydrogens (tertiary/aromatic N) is 3. The van der Waals surface area contributed by atoms with E-state index in [0.717, 1.165) is 37.9 Å². The maximum absolute atomic E-state index is 12.9. The lowest BCUT2D eigenvalue weighted by molar-refractivity contribution is -0.152. The van der Waals surface area contributed by atoms with Crippen LogP contribution in [0.2, 0.25) is 0 Å². The van der Waals surface area contributed by atoms with Crippen molar-refractivity contribution in [1.82, 2.24) is 14.9 Å². The van der Waals surface area contributed by atoms with Gasteiger partial charge >= 0.3 is 0 Å². The quantitative estimate of drug-likeness (QED) is 0.453. The third-order valence-corrected chi connectivity index (χ3v) is 4.38. The van der Waals surface area contributed by atoms with Gasteiger partial charge in [0.2, 0.25) is 12.3 Å². The van der Waals surface area contributed by atoms with Crippen LogP contribution in [-0.4, -0.2) is 45.6 Å². The third-order valence-electron chi connectivity index (χ3n) is 4.38. The van der Waals surface area contributed by atoms with Crippen molar-refractivity contribution in [2.24, 2.45) is 5.92 Å². The third kappa shape index (κ3) is 4.51. The van der Waals surface area contributed by atoms with Gasteiger partial charge in [-0.2, -0.15) is 0 Å². The van der Waals surface area contributed by atoms with Gasteiger partial charge in [0.1, 0.15) is 0 Å². The highest BCUT2D eigenvalue weighted by atomic mass is 16.5. The lowest BCUT2D eigenvalue weighted by Gasteiger charge is -2.29. The van der Waals surface area contributed by atoms with Crippen molar-refractivity contribution in [3.8, 4) is 0 Å². The monoisotopic (exact) mass is 319 g/mol. The molecule has 1 aromatic rings. The minimum Gasteiger partial charge on any atom is -0.334 e. The van der Waals surface area contributed by atoms with Gasteiger partial charge < -0.3 is 4.90 Å². The molecular formula is C17H25N3O3. The minimum atomic E-state index is -0.168. The zero-order chi connectivity index (χ0) is 16.7. The summed E-state index contributed by atoms with van der Waals surface area (Å²) in [7, 11) is 0. The van der Waals surface area contributed by atoms with E-state index < -0.39 is 0 Å². The number of hydrogen-bond donors (Lipinski definition) is 1. The molecule has 0 aliphatic carbocycles. The molecule has 0 spiro atoms. The van der Waals surface area contributed by atoms with Crippen LogP contribution < -0.4 is 0 Å². The molecule has 1 saturated heterocycles. The number of rotatable bonds is 8. The second-order valence-electron chi connectivity index (χ2n) is 5.99. The summed E-state index contributed by atoms with van der Waals surface area (Å²) in [5, 5.41) is 9.89. The van der Waals surface area contributed by atoms with Crippen LogP contribution in [0.3, 0.4) is 0 Å².